The van der Waals surface area contributed by atoms with Crippen molar-refractivity contribution in [1.29, 1.82) is 0 Å². The van der Waals surface area contributed by atoms with Crippen molar-refractivity contribution in [3.05, 3.63) is 45.4 Å². The van der Waals surface area contributed by atoms with Gasteiger partial charge in [0.15, 0.2) is 5.96 Å². The molecule has 124 valence electrons. The number of nitrogens with two attached hydrogens (primary N) is 1. The molecule has 6 heteroatoms. The average Bonchev–Trinajstić information content (AvgIpc) is 3.01. The van der Waals surface area contributed by atoms with Gasteiger partial charge in [0.2, 0.25) is 0 Å². The van der Waals surface area contributed by atoms with Crippen molar-refractivity contribution in [2.45, 2.75) is 45.6 Å². The topological polar surface area (TPSA) is 63.3 Å². The third-order valence-electron chi connectivity index (χ3n) is 3.99. The smallest absolute Gasteiger partial charge is 0.193 e. The van der Waals surface area contributed by atoms with Gasteiger partial charge in [0.25, 0.3) is 0 Å². The number of hydrogen-bond donors (Lipinski definition) is 2. The van der Waals surface area contributed by atoms with Crippen LogP contribution in [0.5, 0.6) is 0 Å². The summed E-state index contributed by atoms with van der Waals surface area (Å²) in [5, 5.41) is 4.28. The Morgan fingerprint density at radius 3 is 2.96 bits per heavy atom. The summed E-state index contributed by atoms with van der Waals surface area (Å²) in [6.45, 7) is 2.67. The molecule has 23 heavy (non-hydrogen) atoms. The molecule has 4 nitrogen and oxygen atoms in total. The highest BCUT2D eigenvalue weighted by atomic mass is 127. The van der Waals surface area contributed by atoms with Crippen molar-refractivity contribution in [2.24, 2.45) is 10.7 Å². The first-order valence-electron chi connectivity index (χ1n) is 7.87. The Bertz CT molecular complexity index is 681. The lowest BCUT2D eigenvalue weighted by Gasteiger charge is -2.19. The molecule has 0 atom stereocenters. The summed E-state index contributed by atoms with van der Waals surface area (Å²) in [5.74, 6) is 0.465. The molecule has 0 saturated heterocycles. The zero-order valence-electron chi connectivity index (χ0n) is 13.3. The van der Waals surface area contributed by atoms with Crippen LogP contribution in [-0.4, -0.2) is 10.9 Å². The monoisotopic (exact) mass is 442 g/mol. The third-order valence-corrected chi connectivity index (χ3v) is 5.12. The first kappa shape index (κ1) is 18.2. The summed E-state index contributed by atoms with van der Waals surface area (Å²) in [6.07, 6.45) is 7.77. The molecule has 3 rings (SSSR count). The number of aromatic nitrogens is 1. The fourth-order valence-corrected chi connectivity index (χ4v) is 3.60. The largest absolute Gasteiger partial charge is 0.370 e. The van der Waals surface area contributed by atoms with E-state index in [1.54, 1.807) is 11.3 Å². The second-order valence-electron chi connectivity index (χ2n) is 5.55. The third kappa shape index (κ3) is 4.67. The van der Waals surface area contributed by atoms with Crippen LogP contribution in [0.4, 0.5) is 5.69 Å². The van der Waals surface area contributed by atoms with Gasteiger partial charge < -0.3 is 11.1 Å². The molecule has 0 aliphatic heterocycles. The summed E-state index contributed by atoms with van der Waals surface area (Å²) in [7, 11) is 0. The molecule has 0 fully saturated rings. The van der Waals surface area contributed by atoms with Crippen LogP contribution in [0.3, 0.4) is 0 Å². The first-order chi connectivity index (χ1) is 10.8. The number of aryl methyl sites for hydroxylation is 2. The number of hydrogen-bond acceptors (Lipinski definition) is 3. The first-order valence-corrected chi connectivity index (χ1v) is 8.69. The molecule has 0 saturated carbocycles. The fraction of sp³-hybridized carbons (Fsp3) is 0.412. The second-order valence-corrected chi connectivity index (χ2v) is 6.75. The number of aliphatic imine (C=N–C) groups is 1. The Kier molecular flexibility index (Phi) is 6.83. The van der Waals surface area contributed by atoms with Gasteiger partial charge in [-0.1, -0.05) is 19.1 Å². The van der Waals surface area contributed by atoms with Crippen molar-refractivity contribution in [3.63, 3.8) is 0 Å². The van der Waals surface area contributed by atoms with Crippen LogP contribution in [0.15, 0.2) is 29.4 Å². The van der Waals surface area contributed by atoms with Crippen molar-refractivity contribution < 1.29 is 0 Å². The predicted octanol–water partition coefficient (Wildman–Crippen LogP) is 4.13. The molecule has 2 aromatic rings. The molecule has 1 heterocycles. The van der Waals surface area contributed by atoms with Crippen molar-refractivity contribution >= 4 is 47.0 Å². The van der Waals surface area contributed by atoms with E-state index < -0.39 is 0 Å². The van der Waals surface area contributed by atoms with Crippen molar-refractivity contribution in [1.82, 2.24) is 4.98 Å². The Labute approximate surface area is 158 Å². The fourth-order valence-electron chi connectivity index (χ4n) is 2.81. The zero-order valence-corrected chi connectivity index (χ0v) is 16.5. The van der Waals surface area contributed by atoms with Gasteiger partial charge in [0.05, 0.1) is 6.54 Å². The molecular weight excluding hydrogens is 419 g/mol. The van der Waals surface area contributed by atoms with Crippen LogP contribution in [-0.2, 0) is 25.8 Å². The van der Waals surface area contributed by atoms with Gasteiger partial charge in [-0.3, -0.25) is 0 Å². The van der Waals surface area contributed by atoms with E-state index in [1.165, 1.54) is 35.3 Å². The molecule has 3 N–H and O–H groups in total. The zero-order chi connectivity index (χ0) is 15.4. The molecule has 0 unspecified atom stereocenters. The van der Waals surface area contributed by atoms with E-state index in [0.717, 1.165) is 23.5 Å². The van der Waals surface area contributed by atoms with Gasteiger partial charge in [0.1, 0.15) is 5.01 Å². The lowest BCUT2D eigenvalue weighted by atomic mass is 9.90. The molecule has 1 aliphatic rings. The van der Waals surface area contributed by atoms with Crippen molar-refractivity contribution in [3.8, 4) is 0 Å². The quantitative estimate of drug-likeness (QED) is 0.425. The Hall–Kier alpha value is -1.15. The van der Waals surface area contributed by atoms with E-state index in [4.69, 9.17) is 5.73 Å². The van der Waals surface area contributed by atoms with Gasteiger partial charge in [-0.25, -0.2) is 9.98 Å². The molecule has 0 bridgehead atoms. The van der Waals surface area contributed by atoms with E-state index in [0.29, 0.717) is 12.5 Å². The molecule has 0 radical (unpaired) electrons. The number of nitrogens with one attached hydrogen (secondary N) is 1. The van der Waals surface area contributed by atoms with E-state index in [2.05, 4.69) is 40.4 Å². The number of fused-ring (bicyclic) bond motifs is 1. The highest BCUT2D eigenvalue weighted by molar-refractivity contribution is 14.0. The minimum atomic E-state index is 0. The minimum absolute atomic E-state index is 0. The van der Waals surface area contributed by atoms with E-state index >= 15 is 0 Å². The maximum atomic E-state index is 6.04. The minimum Gasteiger partial charge on any atom is -0.370 e. The average molecular weight is 442 g/mol. The highest BCUT2D eigenvalue weighted by Crippen LogP contribution is 2.27. The summed E-state index contributed by atoms with van der Waals surface area (Å²) >= 11 is 1.70. The van der Waals surface area contributed by atoms with E-state index in [1.807, 2.05) is 6.20 Å². The normalized spacial score (nSPS) is 14.0. The summed E-state index contributed by atoms with van der Waals surface area (Å²) in [4.78, 5) is 10.1. The van der Waals surface area contributed by atoms with Gasteiger partial charge in [-0.15, -0.1) is 35.3 Å². The predicted molar refractivity (Wildman–Crippen MR) is 109 cm³/mol. The summed E-state index contributed by atoms with van der Waals surface area (Å²) < 4.78 is 0. The van der Waals surface area contributed by atoms with Gasteiger partial charge in [-0.05, 0) is 49.3 Å². The van der Waals surface area contributed by atoms with Gasteiger partial charge in [-0.2, -0.15) is 0 Å². The number of benzene rings is 1. The lowest BCUT2D eigenvalue weighted by Crippen LogP contribution is -2.24. The van der Waals surface area contributed by atoms with E-state index in [-0.39, 0.29) is 24.0 Å². The van der Waals surface area contributed by atoms with Crippen LogP contribution in [0, 0.1) is 0 Å². The molecule has 0 spiro atoms. The van der Waals surface area contributed by atoms with Crippen LogP contribution in [0.2, 0.25) is 0 Å². The number of nitrogens with zero attached hydrogens (tertiary/aromatic N) is 2. The summed E-state index contributed by atoms with van der Waals surface area (Å²) in [6, 6.07) is 6.40. The van der Waals surface area contributed by atoms with Crippen LogP contribution < -0.4 is 11.1 Å². The maximum Gasteiger partial charge on any atom is 0.193 e. The Balaban J connectivity index is 0.00000192. The number of anilines is 1. The number of guanidine groups is 1. The van der Waals surface area contributed by atoms with Crippen molar-refractivity contribution in [2.75, 3.05) is 5.32 Å². The molecule has 1 aromatic carbocycles. The number of halogens is 1. The molecule has 1 aliphatic carbocycles. The Morgan fingerprint density at radius 2 is 2.17 bits per heavy atom. The number of thiazole rings is 1. The molecular formula is C17H23IN4S. The van der Waals surface area contributed by atoms with Crippen LogP contribution in [0.25, 0.3) is 0 Å². The molecule has 1 aromatic heterocycles. The van der Waals surface area contributed by atoms with E-state index in [9.17, 15) is 0 Å². The number of rotatable bonds is 4. The summed E-state index contributed by atoms with van der Waals surface area (Å²) in [5.41, 5.74) is 9.98. The lowest BCUT2D eigenvalue weighted by molar-refractivity contribution is 0.687. The van der Waals surface area contributed by atoms with Crippen LogP contribution >= 0.6 is 35.3 Å². The standard InChI is InChI=1S/C17H22N4S.HI/c1-2-13-10-19-16(22-13)11-20-17(18)21-15-9-5-7-12-6-3-4-8-14(12)15;/h5,7,9-10H,2-4,6,8,11H2,1H3,(H3,18,20,21);1H. The molecule has 0 amide bonds. The van der Waals surface area contributed by atoms with Crippen LogP contribution in [0.1, 0.15) is 40.8 Å². The maximum absolute atomic E-state index is 6.04. The Morgan fingerprint density at radius 1 is 1.35 bits per heavy atom. The van der Waals surface area contributed by atoms with Gasteiger partial charge >= 0.3 is 0 Å². The van der Waals surface area contributed by atoms with Gasteiger partial charge in [0, 0.05) is 16.8 Å². The second kappa shape index (κ2) is 8.63. The highest BCUT2D eigenvalue weighted by Gasteiger charge is 2.13. The SMILES string of the molecule is CCc1cnc(CN=C(N)Nc2cccc3c2CCCC3)s1.I.